The Labute approximate surface area is 113 Å². The molecule has 0 heterocycles. The number of hydrazine groups is 1. The summed E-state index contributed by atoms with van der Waals surface area (Å²) in [7, 11) is 1.66. The van der Waals surface area contributed by atoms with Gasteiger partial charge in [-0.3, -0.25) is 5.84 Å². The lowest BCUT2D eigenvalue weighted by atomic mass is 10.1. The zero-order chi connectivity index (χ0) is 13.7. The average molecular weight is 258 g/mol. The van der Waals surface area contributed by atoms with Gasteiger partial charge in [-0.15, -0.1) is 0 Å². The molecule has 0 fully saturated rings. The lowest BCUT2D eigenvalue weighted by Crippen LogP contribution is -2.06. The summed E-state index contributed by atoms with van der Waals surface area (Å²) < 4.78 is 11.1. The van der Waals surface area contributed by atoms with Gasteiger partial charge in [0.05, 0.1) is 12.8 Å². The van der Waals surface area contributed by atoms with E-state index in [9.17, 15) is 0 Å². The summed E-state index contributed by atoms with van der Waals surface area (Å²) in [5.74, 6) is 6.96. The van der Waals surface area contributed by atoms with Gasteiger partial charge in [-0.2, -0.15) is 0 Å². The number of hydrogen-bond acceptors (Lipinski definition) is 4. The third-order valence-corrected chi connectivity index (χ3v) is 2.83. The summed E-state index contributed by atoms with van der Waals surface area (Å²) in [6.45, 7) is 2.50. The molecular formula is C15H18N2O2. The van der Waals surface area contributed by atoms with Crippen molar-refractivity contribution in [2.75, 3.05) is 12.5 Å². The van der Waals surface area contributed by atoms with Gasteiger partial charge in [-0.05, 0) is 31.2 Å². The highest BCUT2D eigenvalue weighted by molar-refractivity contribution is 5.47. The standard InChI is InChI=1S/C15H18N2O2/c1-11-6-7-15(18-2)12(8-11)10-19-14-5-3-4-13(9-14)17-16/h3-9,17H,10,16H2,1-2H3. The summed E-state index contributed by atoms with van der Waals surface area (Å²) >= 11 is 0. The fraction of sp³-hybridized carbons (Fsp3) is 0.200. The van der Waals surface area contributed by atoms with Crippen molar-refractivity contribution >= 4 is 5.69 Å². The van der Waals surface area contributed by atoms with Crippen LogP contribution in [0.3, 0.4) is 0 Å². The molecular weight excluding hydrogens is 240 g/mol. The van der Waals surface area contributed by atoms with Crippen molar-refractivity contribution < 1.29 is 9.47 Å². The van der Waals surface area contributed by atoms with Crippen LogP contribution in [0, 0.1) is 6.92 Å². The van der Waals surface area contributed by atoms with Gasteiger partial charge >= 0.3 is 0 Å². The van der Waals surface area contributed by atoms with E-state index in [2.05, 4.69) is 11.5 Å². The number of nitrogen functional groups attached to an aromatic ring is 1. The molecule has 2 aromatic carbocycles. The number of hydrogen-bond donors (Lipinski definition) is 2. The fourth-order valence-electron chi connectivity index (χ4n) is 1.86. The topological polar surface area (TPSA) is 56.5 Å². The van der Waals surface area contributed by atoms with Gasteiger partial charge in [0, 0.05) is 11.6 Å². The van der Waals surface area contributed by atoms with Gasteiger partial charge in [0.15, 0.2) is 0 Å². The second kappa shape index (κ2) is 6.11. The zero-order valence-electron chi connectivity index (χ0n) is 11.1. The van der Waals surface area contributed by atoms with Gasteiger partial charge in [0.25, 0.3) is 0 Å². The molecule has 4 heteroatoms. The lowest BCUT2D eigenvalue weighted by Gasteiger charge is -2.11. The Kier molecular flexibility index (Phi) is 4.26. The molecule has 19 heavy (non-hydrogen) atoms. The van der Waals surface area contributed by atoms with Crippen LogP contribution in [-0.2, 0) is 6.61 Å². The minimum Gasteiger partial charge on any atom is -0.496 e. The van der Waals surface area contributed by atoms with Crippen molar-refractivity contribution in [3.05, 3.63) is 53.6 Å². The van der Waals surface area contributed by atoms with E-state index in [0.29, 0.717) is 6.61 Å². The monoisotopic (exact) mass is 258 g/mol. The molecule has 0 aliphatic carbocycles. The van der Waals surface area contributed by atoms with Gasteiger partial charge < -0.3 is 14.9 Å². The van der Waals surface area contributed by atoms with Gasteiger partial charge in [-0.25, -0.2) is 0 Å². The van der Waals surface area contributed by atoms with E-state index in [0.717, 1.165) is 22.7 Å². The summed E-state index contributed by atoms with van der Waals surface area (Å²) in [5, 5.41) is 0. The maximum atomic E-state index is 5.76. The Balaban J connectivity index is 2.11. The van der Waals surface area contributed by atoms with Crippen molar-refractivity contribution in [1.82, 2.24) is 0 Å². The molecule has 0 aliphatic rings. The maximum absolute atomic E-state index is 5.76. The highest BCUT2D eigenvalue weighted by Gasteiger charge is 2.04. The Hall–Kier alpha value is -2.20. The quantitative estimate of drug-likeness (QED) is 0.639. The first-order chi connectivity index (χ1) is 9.22. The molecule has 0 atom stereocenters. The normalized spacial score (nSPS) is 10.1. The number of methoxy groups -OCH3 is 1. The van der Waals surface area contributed by atoms with Crippen LogP contribution in [0.4, 0.5) is 5.69 Å². The molecule has 0 amide bonds. The summed E-state index contributed by atoms with van der Waals surface area (Å²) in [6.07, 6.45) is 0. The summed E-state index contributed by atoms with van der Waals surface area (Å²) in [4.78, 5) is 0. The predicted octanol–water partition coefficient (Wildman–Crippen LogP) is 2.87. The van der Waals surface area contributed by atoms with Crippen LogP contribution in [-0.4, -0.2) is 7.11 Å². The van der Waals surface area contributed by atoms with Crippen molar-refractivity contribution in [3.63, 3.8) is 0 Å². The predicted molar refractivity (Wildman–Crippen MR) is 76.3 cm³/mol. The van der Waals surface area contributed by atoms with Crippen molar-refractivity contribution in [2.45, 2.75) is 13.5 Å². The zero-order valence-corrected chi connectivity index (χ0v) is 11.1. The molecule has 3 N–H and O–H groups in total. The van der Waals surface area contributed by atoms with Crippen molar-refractivity contribution in [2.24, 2.45) is 5.84 Å². The maximum Gasteiger partial charge on any atom is 0.125 e. The number of aryl methyl sites for hydroxylation is 1. The van der Waals surface area contributed by atoms with E-state index in [1.807, 2.05) is 43.3 Å². The Bertz CT molecular complexity index is 556. The van der Waals surface area contributed by atoms with Crippen LogP contribution >= 0.6 is 0 Å². The number of anilines is 1. The van der Waals surface area contributed by atoms with Gasteiger partial charge in [0.2, 0.25) is 0 Å². The van der Waals surface area contributed by atoms with Crippen LogP contribution in [0.25, 0.3) is 0 Å². The molecule has 0 spiro atoms. The van der Waals surface area contributed by atoms with Crippen LogP contribution in [0.15, 0.2) is 42.5 Å². The van der Waals surface area contributed by atoms with Crippen LogP contribution in [0.1, 0.15) is 11.1 Å². The first kappa shape index (κ1) is 13.2. The lowest BCUT2D eigenvalue weighted by molar-refractivity contribution is 0.296. The van der Waals surface area contributed by atoms with Gasteiger partial charge in [-0.1, -0.05) is 17.7 Å². The number of rotatable bonds is 5. The Morgan fingerprint density at radius 2 is 2.00 bits per heavy atom. The third-order valence-electron chi connectivity index (χ3n) is 2.83. The highest BCUT2D eigenvalue weighted by atomic mass is 16.5. The number of nitrogens with two attached hydrogens (primary N) is 1. The van der Waals surface area contributed by atoms with Crippen molar-refractivity contribution in [3.8, 4) is 11.5 Å². The Morgan fingerprint density at radius 1 is 1.16 bits per heavy atom. The highest BCUT2D eigenvalue weighted by Crippen LogP contribution is 2.23. The number of ether oxygens (including phenoxy) is 2. The minimum atomic E-state index is 0.457. The van der Waals surface area contributed by atoms with E-state index in [1.165, 1.54) is 5.56 Å². The van der Waals surface area contributed by atoms with Crippen LogP contribution < -0.4 is 20.7 Å². The fourth-order valence-corrected chi connectivity index (χ4v) is 1.86. The number of nitrogens with one attached hydrogen (secondary N) is 1. The molecule has 100 valence electrons. The van der Waals surface area contributed by atoms with Crippen LogP contribution in [0.5, 0.6) is 11.5 Å². The van der Waals surface area contributed by atoms with E-state index in [-0.39, 0.29) is 0 Å². The minimum absolute atomic E-state index is 0.457. The first-order valence-electron chi connectivity index (χ1n) is 6.06. The molecule has 4 nitrogen and oxygen atoms in total. The SMILES string of the molecule is COc1ccc(C)cc1COc1cccc(NN)c1. The second-order valence-corrected chi connectivity index (χ2v) is 4.28. The molecule has 0 saturated carbocycles. The largest absolute Gasteiger partial charge is 0.496 e. The van der Waals surface area contributed by atoms with Crippen LogP contribution in [0.2, 0.25) is 0 Å². The van der Waals surface area contributed by atoms with E-state index >= 15 is 0 Å². The summed E-state index contributed by atoms with van der Waals surface area (Å²) in [6, 6.07) is 13.5. The second-order valence-electron chi connectivity index (χ2n) is 4.28. The molecule has 0 bridgehead atoms. The average Bonchev–Trinajstić information content (AvgIpc) is 2.45. The molecule has 2 aromatic rings. The molecule has 0 saturated heterocycles. The van der Waals surface area contributed by atoms with Crippen molar-refractivity contribution in [1.29, 1.82) is 0 Å². The smallest absolute Gasteiger partial charge is 0.125 e. The molecule has 0 radical (unpaired) electrons. The van der Waals surface area contributed by atoms with E-state index in [4.69, 9.17) is 15.3 Å². The third kappa shape index (κ3) is 3.39. The Morgan fingerprint density at radius 3 is 2.74 bits per heavy atom. The molecule has 0 unspecified atom stereocenters. The molecule has 2 rings (SSSR count). The summed E-state index contributed by atoms with van der Waals surface area (Å²) in [5.41, 5.74) is 5.61. The van der Waals surface area contributed by atoms with Gasteiger partial charge in [0.1, 0.15) is 18.1 Å². The molecule has 0 aliphatic heterocycles. The molecule has 0 aromatic heterocycles. The first-order valence-corrected chi connectivity index (χ1v) is 6.06. The van der Waals surface area contributed by atoms with E-state index in [1.54, 1.807) is 7.11 Å². The van der Waals surface area contributed by atoms with E-state index < -0.39 is 0 Å². The number of benzene rings is 2.